The van der Waals surface area contributed by atoms with Crippen LogP contribution in [-0.4, -0.2) is 180 Å². The summed E-state index contributed by atoms with van der Waals surface area (Å²) in [4.78, 5) is 13.1. The lowest BCUT2D eigenvalue weighted by Crippen LogP contribution is -2.70. The third kappa shape index (κ3) is 7.71. The van der Waals surface area contributed by atoms with Crippen molar-refractivity contribution in [2.24, 2.45) is 50.2 Å². The minimum Gasteiger partial charge on any atom is -0.481 e. The van der Waals surface area contributed by atoms with Gasteiger partial charge in [-0.2, -0.15) is 0 Å². The van der Waals surface area contributed by atoms with E-state index in [2.05, 4.69) is 40.7 Å². The fraction of sp³-hybridized carbons (Fsp3) is 0.936. The molecule has 3 heterocycles. The number of carboxylic acids is 1. The minimum atomic E-state index is -1.83. The maximum Gasteiger partial charge on any atom is 0.310 e. The molecule has 18 heteroatoms. The van der Waals surface area contributed by atoms with Gasteiger partial charge in [0.1, 0.15) is 61.0 Å². The molecule has 7 fully saturated rings. The molecular formula is C47H76O18. The van der Waals surface area contributed by atoms with Crippen LogP contribution in [-0.2, 0) is 33.2 Å². The van der Waals surface area contributed by atoms with Crippen molar-refractivity contribution in [2.45, 2.75) is 204 Å². The zero-order valence-electron chi connectivity index (χ0n) is 38.8. The number of aliphatic carboxylic acids is 1. The van der Waals surface area contributed by atoms with Crippen molar-refractivity contribution in [1.29, 1.82) is 0 Å². The maximum atomic E-state index is 13.1. The highest BCUT2D eigenvalue weighted by molar-refractivity contribution is 5.76. The van der Waals surface area contributed by atoms with E-state index in [9.17, 15) is 61.0 Å². The largest absolute Gasteiger partial charge is 0.481 e. The molecule has 18 nitrogen and oxygen atoms in total. The molecule has 0 aromatic carbocycles. The molecule has 0 unspecified atom stereocenters. The van der Waals surface area contributed by atoms with Gasteiger partial charge >= 0.3 is 5.97 Å². The summed E-state index contributed by atoms with van der Waals surface area (Å²) in [6, 6.07) is 0. The number of carboxylic acid groups (broad SMARTS) is 1. The summed E-state index contributed by atoms with van der Waals surface area (Å²) in [6.45, 7) is 13.1. The van der Waals surface area contributed by atoms with Gasteiger partial charge < -0.3 is 84.6 Å². The van der Waals surface area contributed by atoms with Crippen LogP contribution in [0.4, 0.5) is 0 Å². The number of allylic oxidation sites excluding steroid dienone is 2. The zero-order chi connectivity index (χ0) is 47.6. The fourth-order valence-corrected chi connectivity index (χ4v) is 14.9. The number of aliphatic hydroxyl groups excluding tert-OH is 10. The predicted octanol–water partition coefficient (Wildman–Crippen LogP) is 0.316. The van der Waals surface area contributed by atoms with Crippen LogP contribution in [0, 0.1) is 50.2 Å². The van der Waals surface area contributed by atoms with Crippen LogP contribution < -0.4 is 0 Å². The number of ether oxygens (including phenoxy) is 6. The van der Waals surface area contributed by atoms with Gasteiger partial charge in [0.25, 0.3) is 0 Å². The number of fused-ring (bicyclic) bond motifs is 7. The topological polar surface area (TPSA) is 295 Å². The van der Waals surface area contributed by atoms with Crippen molar-refractivity contribution in [1.82, 2.24) is 0 Å². The van der Waals surface area contributed by atoms with Gasteiger partial charge in [0.15, 0.2) is 18.9 Å². The van der Waals surface area contributed by atoms with E-state index in [-0.39, 0.29) is 40.4 Å². The molecule has 0 amide bonds. The molecule has 65 heavy (non-hydrogen) atoms. The van der Waals surface area contributed by atoms with Crippen LogP contribution in [0.1, 0.15) is 106 Å². The lowest BCUT2D eigenvalue weighted by Gasteiger charge is -2.71. The molecule has 11 N–H and O–H groups in total. The van der Waals surface area contributed by atoms with Gasteiger partial charge in [0, 0.05) is 5.41 Å². The number of aliphatic hydroxyl groups is 10. The van der Waals surface area contributed by atoms with Crippen molar-refractivity contribution >= 4 is 5.97 Å². The Balaban J connectivity index is 1.04. The first-order valence-electron chi connectivity index (χ1n) is 23.8. The van der Waals surface area contributed by atoms with E-state index in [4.69, 9.17) is 28.4 Å². The first-order valence-corrected chi connectivity index (χ1v) is 23.8. The van der Waals surface area contributed by atoms with Crippen molar-refractivity contribution in [3.63, 3.8) is 0 Å². The van der Waals surface area contributed by atoms with E-state index >= 15 is 0 Å². The summed E-state index contributed by atoms with van der Waals surface area (Å²) in [7, 11) is 0. The summed E-state index contributed by atoms with van der Waals surface area (Å²) >= 11 is 0. The molecule has 8 aliphatic rings. The second-order valence-electron chi connectivity index (χ2n) is 23.0. The quantitative estimate of drug-likeness (QED) is 0.110. The van der Waals surface area contributed by atoms with Gasteiger partial charge in [-0.05, 0) is 104 Å². The summed E-state index contributed by atoms with van der Waals surface area (Å²) in [5.41, 5.74) is -1.62. The Bertz CT molecular complexity index is 1780. The average molecular weight is 929 g/mol. The molecule has 3 aliphatic heterocycles. The number of hydrogen-bond donors (Lipinski definition) is 11. The second kappa shape index (κ2) is 17.5. The van der Waals surface area contributed by atoms with Gasteiger partial charge in [-0.3, -0.25) is 4.79 Å². The van der Waals surface area contributed by atoms with Crippen molar-refractivity contribution in [3.8, 4) is 0 Å². The van der Waals surface area contributed by atoms with Crippen LogP contribution in [0.3, 0.4) is 0 Å². The molecule has 0 spiro atoms. The predicted molar refractivity (Wildman–Crippen MR) is 226 cm³/mol. The lowest BCUT2D eigenvalue weighted by atomic mass is 9.33. The molecule has 24 atom stereocenters. The van der Waals surface area contributed by atoms with Crippen molar-refractivity contribution in [3.05, 3.63) is 11.6 Å². The third-order valence-corrected chi connectivity index (χ3v) is 19.0. The second-order valence-corrected chi connectivity index (χ2v) is 23.0. The van der Waals surface area contributed by atoms with E-state index in [1.807, 2.05) is 6.92 Å². The Labute approximate surface area is 380 Å². The third-order valence-electron chi connectivity index (χ3n) is 19.0. The van der Waals surface area contributed by atoms with Gasteiger partial charge in [0.2, 0.25) is 0 Å². The van der Waals surface area contributed by atoms with Gasteiger partial charge in [-0.25, -0.2) is 0 Å². The lowest BCUT2D eigenvalue weighted by molar-refractivity contribution is -0.385. The Morgan fingerprint density at radius 1 is 0.708 bits per heavy atom. The maximum absolute atomic E-state index is 13.1. The number of rotatable bonds is 9. The van der Waals surface area contributed by atoms with E-state index in [1.165, 1.54) is 12.5 Å². The normalized spacial score (nSPS) is 55.5. The molecule has 3 saturated heterocycles. The molecule has 0 bridgehead atoms. The van der Waals surface area contributed by atoms with Gasteiger partial charge in [-0.1, -0.05) is 53.2 Å². The van der Waals surface area contributed by atoms with E-state index < -0.39 is 140 Å². The fourth-order valence-electron chi connectivity index (χ4n) is 14.9. The first kappa shape index (κ1) is 50.0. The summed E-state index contributed by atoms with van der Waals surface area (Å²) in [5, 5.41) is 121. The van der Waals surface area contributed by atoms with Crippen LogP contribution in [0.25, 0.3) is 0 Å². The summed E-state index contributed by atoms with van der Waals surface area (Å²) in [5.74, 6) is -0.881. The SMILES string of the molecule is C[C@@H]1O[C@@H](O[C@H]2[C@H](O[C@@H]3[C@@H](O)[C@H](O[C@H]4[C@@H](O)C[C@@]5(C)[C@@H](CC[C@]6(C)[C@@H]5CC=C5[C@@H]7CC(C)(C)CC[C@]7(C(=O)O)CC[C@]56C)[C@]4(C)CO)O[C@H](CO)[C@H]3O)OC[C@@H](O)[C@@H]2O)[C@H](O)[C@H](O)[C@H]1O. The Morgan fingerprint density at radius 3 is 2.03 bits per heavy atom. The average Bonchev–Trinajstić information content (AvgIpc) is 3.24. The highest BCUT2D eigenvalue weighted by Crippen LogP contribution is 2.76. The molecule has 0 aromatic heterocycles. The summed E-state index contributed by atoms with van der Waals surface area (Å²) in [6.07, 6.45) is -16.2. The Hall–Kier alpha value is -1.43. The molecule has 4 saturated carbocycles. The molecule has 0 aromatic rings. The van der Waals surface area contributed by atoms with E-state index in [1.54, 1.807) is 0 Å². The minimum absolute atomic E-state index is 0.0177. The Kier molecular flexibility index (Phi) is 13.4. The molecule has 372 valence electrons. The first-order chi connectivity index (χ1) is 30.3. The van der Waals surface area contributed by atoms with Gasteiger partial charge in [-0.15, -0.1) is 0 Å². The van der Waals surface area contributed by atoms with Crippen molar-refractivity contribution < 1.29 is 89.4 Å². The van der Waals surface area contributed by atoms with Crippen LogP contribution >= 0.6 is 0 Å². The standard InChI is InChI=1S/C47H76O18/c1-21-29(52)32(55)33(56)38(61-21)64-36-30(53)25(51)19-60-40(36)63-35-31(54)26(18-48)62-39(34(35)57)65-37-24(50)17-43(4)27(44(37,5)20-49)10-11-46(7)28(43)9-8-22-23-16-42(2,3)12-14-47(23,41(58)59)15-13-45(22,46)6/h8,21,23-40,48-57H,9-20H2,1-7H3,(H,58,59)/t21-,23-,24-,25+,26+,27+,28+,29-,30-,31+,32+,33+,34+,35-,36+,37-,38-,39-,40-,43-,44-,45+,46+,47-/m0/s1. The van der Waals surface area contributed by atoms with E-state index in [0.717, 1.165) is 25.7 Å². The number of carbonyl (C=O) groups is 1. The molecule has 5 aliphatic carbocycles. The Morgan fingerprint density at radius 2 is 1.37 bits per heavy atom. The molecular weight excluding hydrogens is 852 g/mol. The van der Waals surface area contributed by atoms with Crippen LogP contribution in [0.2, 0.25) is 0 Å². The summed E-state index contributed by atoms with van der Waals surface area (Å²) < 4.78 is 35.7. The van der Waals surface area contributed by atoms with Crippen molar-refractivity contribution in [2.75, 3.05) is 19.8 Å². The molecule has 0 radical (unpaired) electrons. The smallest absolute Gasteiger partial charge is 0.310 e. The van der Waals surface area contributed by atoms with Crippen LogP contribution in [0.15, 0.2) is 11.6 Å². The highest BCUT2D eigenvalue weighted by Gasteiger charge is 2.71. The van der Waals surface area contributed by atoms with E-state index in [0.29, 0.717) is 25.7 Å². The van der Waals surface area contributed by atoms with Crippen LogP contribution in [0.5, 0.6) is 0 Å². The zero-order valence-corrected chi connectivity index (χ0v) is 38.8. The highest BCUT2D eigenvalue weighted by atomic mass is 16.8. The number of hydrogen-bond acceptors (Lipinski definition) is 17. The van der Waals surface area contributed by atoms with Gasteiger partial charge in [0.05, 0.1) is 43.5 Å². The molecule has 8 rings (SSSR count). The monoisotopic (exact) mass is 929 g/mol.